The Hall–Kier alpha value is 1.91. The van der Waals surface area contributed by atoms with Gasteiger partial charge in [0.25, 0.3) is 0 Å². The molecule has 5 atom stereocenters. The third-order valence-electron chi connectivity index (χ3n) is 2.08. The molecule has 1 heterocycles. The van der Waals surface area contributed by atoms with Crippen molar-refractivity contribution in [2.24, 2.45) is 0 Å². The molecule has 0 amide bonds. The Morgan fingerprint density at radius 3 is 2.00 bits per heavy atom. The summed E-state index contributed by atoms with van der Waals surface area (Å²) in [6.07, 6.45) is -8.35. The molecule has 96 valence electrons. The number of aliphatic hydroxyl groups is 4. The minimum absolute atomic E-state index is 0. The standard InChI is InChI=1S/C6H13O9P.2Na/c7-3-2(1-14-16(11,12)13)15-6(10)5(9)4(3)8;;/h2-10H,1H2,(H2,11,12,13);;/q;2*+1/p-2/t2-,3-,4+,5-,6?;;/m1../s1/i1+2,2+2,3+2,4+2,5+2,6+2;;. The zero-order valence-corrected chi connectivity index (χ0v) is 14.8. The second-order valence-electron chi connectivity index (χ2n) is 3.28. The monoisotopic (exact) mass is 316 g/mol. The van der Waals surface area contributed by atoms with Crippen molar-refractivity contribution in [3.05, 3.63) is 0 Å². The first-order valence-corrected chi connectivity index (χ1v) is 5.73. The van der Waals surface area contributed by atoms with Crippen LogP contribution in [0.3, 0.4) is 0 Å². The molecule has 4 N–H and O–H groups in total. The topological polar surface area (TPSA) is 163 Å². The van der Waals surface area contributed by atoms with E-state index in [1.165, 1.54) is 0 Å². The van der Waals surface area contributed by atoms with E-state index in [4.69, 9.17) is 10.2 Å². The van der Waals surface area contributed by atoms with Gasteiger partial charge in [0.15, 0.2) is 6.29 Å². The Labute approximate surface area is 147 Å². The first-order chi connectivity index (χ1) is 7.22. The molecule has 0 aromatic carbocycles. The van der Waals surface area contributed by atoms with Crippen LogP contribution >= 0.6 is 7.82 Å². The van der Waals surface area contributed by atoms with E-state index in [9.17, 15) is 24.6 Å². The molecule has 1 aliphatic rings. The Kier molecular flexibility index (Phi) is 11.1. The molecule has 0 aromatic heterocycles. The summed E-state index contributed by atoms with van der Waals surface area (Å²) in [6.45, 7) is -0.855. The van der Waals surface area contributed by atoms with Crippen LogP contribution in [0, 0.1) is 0 Å². The van der Waals surface area contributed by atoms with Gasteiger partial charge < -0.3 is 44.0 Å². The van der Waals surface area contributed by atoms with Crippen LogP contribution in [0.1, 0.15) is 0 Å². The summed E-state index contributed by atoms with van der Waals surface area (Å²) in [5, 5.41) is 36.6. The van der Waals surface area contributed by atoms with E-state index in [-0.39, 0.29) is 59.1 Å². The number of hydrogen-bond acceptors (Lipinski definition) is 9. The van der Waals surface area contributed by atoms with E-state index in [0.717, 1.165) is 0 Å². The predicted molar refractivity (Wildman–Crippen MR) is 42.5 cm³/mol. The van der Waals surface area contributed by atoms with Crippen LogP contribution in [0.15, 0.2) is 0 Å². The van der Waals surface area contributed by atoms with Crippen molar-refractivity contribution >= 4 is 7.82 Å². The van der Waals surface area contributed by atoms with Crippen LogP contribution in [0.5, 0.6) is 0 Å². The van der Waals surface area contributed by atoms with Gasteiger partial charge in [-0.3, -0.25) is 0 Å². The van der Waals surface area contributed by atoms with E-state index in [1.807, 2.05) is 0 Å². The summed E-state index contributed by atoms with van der Waals surface area (Å²) >= 11 is 0. The third kappa shape index (κ3) is 6.57. The summed E-state index contributed by atoms with van der Waals surface area (Å²) in [6, 6.07) is 0. The van der Waals surface area contributed by atoms with Crippen molar-refractivity contribution in [1.82, 2.24) is 0 Å². The smallest absolute Gasteiger partial charge is 0.790 e. The summed E-state index contributed by atoms with van der Waals surface area (Å²) in [4.78, 5) is 20.3. The maximum absolute atomic E-state index is 10.1. The van der Waals surface area contributed by atoms with Crippen LogP contribution in [0.2, 0.25) is 0 Å². The zero-order chi connectivity index (χ0) is 12.5. The van der Waals surface area contributed by atoms with Crippen molar-refractivity contribution in [3.63, 3.8) is 0 Å². The molecule has 0 bridgehead atoms. The summed E-state index contributed by atoms with van der Waals surface area (Å²) in [5.41, 5.74) is 0. The SMILES string of the molecule is O=P([O-])([O-])O[14CH2][14C@H]1O[14CH](O)[14C@H](O)[14C@@H](O)[14C@@H]1O.[Na+].[Na+]. The second kappa shape index (κ2) is 9.04. The number of phosphoric acid groups is 1. The molecular formula is C6H11Na2O9P. The molecule has 0 aromatic rings. The maximum atomic E-state index is 10.1. The average molecular weight is 316 g/mol. The van der Waals surface area contributed by atoms with E-state index in [1.54, 1.807) is 0 Å². The molecule has 1 saturated heterocycles. The van der Waals surface area contributed by atoms with Gasteiger partial charge in [0.1, 0.15) is 24.4 Å². The van der Waals surface area contributed by atoms with Crippen LogP contribution in [-0.2, 0) is 13.8 Å². The molecule has 9 nitrogen and oxygen atoms in total. The molecule has 0 saturated carbocycles. The fraction of sp³-hybridized carbons (Fsp3) is 1.00. The van der Waals surface area contributed by atoms with Gasteiger partial charge in [-0.15, -0.1) is 0 Å². The molecule has 18 heavy (non-hydrogen) atoms. The summed E-state index contributed by atoms with van der Waals surface area (Å²) in [5.74, 6) is 0. The Morgan fingerprint density at radius 2 is 1.56 bits per heavy atom. The van der Waals surface area contributed by atoms with Gasteiger partial charge in [0.05, 0.1) is 14.4 Å². The number of phosphoric ester groups is 1. The molecule has 12 heteroatoms. The molecule has 1 aliphatic heterocycles. The molecule has 1 unspecified atom stereocenters. The minimum Gasteiger partial charge on any atom is -0.790 e. The van der Waals surface area contributed by atoms with Crippen LogP contribution in [0.4, 0.5) is 0 Å². The van der Waals surface area contributed by atoms with Gasteiger partial charge in [0.2, 0.25) is 0 Å². The first-order valence-electron chi connectivity index (χ1n) is 4.26. The van der Waals surface area contributed by atoms with Gasteiger partial charge >= 0.3 is 59.1 Å². The Bertz CT molecular complexity index is 286. The van der Waals surface area contributed by atoms with Crippen molar-refractivity contribution in [1.29, 1.82) is 0 Å². The van der Waals surface area contributed by atoms with E-state index >= 15 is 0 Å². The van der Waals surface area contributed by atoms with Gasteiger partial charge in [-0.25, -0.2) is 0 Å². The Balaban J connectivity index is 0. The average Bonchev–Trinajstić information content (AvgIpc) is 2.17. The van der Waals surface area contributed by atoms with E-state index in [0.29, 0.717) is 0 Å². The maximum Gasteiger partial charge on any atom is 1.00 e. The number of ether oxygens (including phenoxy) is 1. The fourth-order valence-electron chi connectivity index (χ4n) is 1.23. The molecular weight excluding hydrogens is 305 g/mol. The zero-order valence-electron chi connectivity index (χ0n) is 9.87. The van der Waals surface area contributed by atoms with Crippen molar-refractivity contribution in [2.75, 3.05) is 6.61 Å². The predicted octanol–water partition coefficient (Wildman–Crippen LogP) is -10.4. The quantitative estimate of drug-likeness (QED) is 0.292. The molecule has 0 radical (unpaired) electrons. The van der Waals surface area contributed by atoms with Crippen LogP contribution in [-0.4, -0.2) is 57.7 Å². The largest absolute Gasteiger partial charge is 1.00 e. The normalized spacial score (nSPS) is 36.4. The Morgan fingerprint density at radius 1 is 1.06 bits per heavy atom. The van der Waals surface area contributed by atoms with Crippen molar-refractivity contribution < 1.29 is 103 Å². The van der Waals surface area contributed by atoms with Gasteiger partial charge in [0, 0.05) is 0 Å². The van der Waals surface area contributed by atoms with E-state index < -0.39 is 45.1 Å². The van der Waals surface area contributed by atoms with Gasteiger partial charge in [-0.05, 0) is 0 Å². The number of aliphatic hydroxyl groups excluding tert-OH is 4. The minimum atomic E-state index is -5.23. The summed E-state index contributed by atoms with van der Waals surface area (Å²) < 4.78 is 18.5. The molecule has 1 rings (SSSR count). The van der Waals surface area contributed by atoms with Crippen LogP contribution in [0.25, 0.3) is 0 Å². The van der Waals surface area contributed by atoms with Gasteiger partial charge in [-0.2, -0.15) is 0 Å². The second-order valence-corrected chi connectivity index (χ2v) is 4.43. The molecule has 0 spiro atoms. The van der Waals surface area contributed by atoms with Crippen LogP contribution < -0.4 is 68.9 Å². The van der Waals surface area contributed by atoms with Gasteiger partial charge in [-0.1, -0.05) is 0 Å². The molecule has 1 fully saturated rings. The first kappa shape index (κ1) is 22.2. The molecule has 0 aliphatic carbocycles. The fourth-order valence-corrected chi connectivity index (χ4v) is 1.56. The number of rotatable bonds is 3. The number of hydrogen-bond donors (Lipinski definition) is 4. The summed E-state index contributed by atoms with van der Waals surface area (Å²) in [7, 11) is -5.23. The third-order valence-corrected chi connectivity index (χ3v) is 2.55. The van der Waals surface area contributed by atoms with E-state index in [2.05, 4.69) is 9.26 Å². The van der Waals surface area contributed by atoms with Crippen molar-refractivity contribution in [2.45, 2.75) is 30.7 Å². The van der Waals surface area contributed by atoms with Crippen molar-refractivity contribution in [3.8, 4) is 0 Å².